The first-order chi connectivity index (χ1) is 11.0. The van der Waals surface area contributed by atoms with E-state index in [4.69, 9.17) is 4.74 Å². The van der Waals surface area contributed by atoms with Crippen LogP contribution < -0.4 is 9.64 Å². The number of hydrogen-bond acceptors (Lipinski definition) is 3. The molecule has 0 aliphatic rings. The maximum Gasteiger partial charge on any atom is 0.237 e. The third kappa shape index (κ3) is 4.52. The topological polar surface area (TPSA) is 29.5 Å². The Morgan fingerprint density at radius 2 is 1.83 bits per heavy atom. The summed E-state index contributed by atoms with van der Waals surface area (Å²) in [6.45, 7) is 6.80. The summed E-state index contributed by atoms with van der Waals surface area (Å²) in [6.07, 6.45) is 0. The van der Waals surface area contributed by atoms with Crippen molar-refractivity contribution < 1.29 is 9.53 Å². The van der Waals surface area contributed by atoms with Crippen LogP contribution in [0.2, 0.25) is 0 Å². The minimum absolute atomic E-state index is 0.125. The average Bonchev–Trinajstić information content (AvgIpc) is 2.56. The predicted molar refractivity (Wildman–Crippen MR) is 97.7 cm³/mol. The van der Waals surface area contributed by atoms with Crippen molar-refractivity contribution in [1.29, 1.82) is 0 Å². The highest BCUT2D eigenvalue weighted by Gasteiger charge is 2.16. The molecule has 0 saturated carbocycles. The number of thioether (sulfide) groups is 1. The van der Waals surface area contributed by atoms with E-state index in [1.165, 1.54) is 5.56 Å². The first-order valence-electron chi connectivity index (χ1n) is 7.69. The van der Waals surface area contributed by atoms with Crippen LogP contribution in [0, 0.1) is 13.8 Å². The zero-order valence-electron chi connectivity index (χ0n) is 14.1. The Bertz CT molecular complexity index is 668. The molecule has 4 heteroatoms. The van der Waals surface area contributed by atoms with E-state index in [2.05, 4.69) is 26.0 Å². The molecule has 0 N–H and O–H groups in total. The number of benzene rings is 2. The molecule has 2 aromatic carbocycles. The van der Waals surface area contributed by atoms with Gasteiger partial charge in [-0.05, 0) is 56.7 Å². The van der Waals surface area contributed by atoms with Gasteiger partial charge >= 0.3 is 0 Å². The van der Waals surface area contributed by atoms with Crippen molar-refractivity contribution in [2.75, 3.05) is 24.3 Å². The smallest absolute Gasteiger partial charge is 0.237 e. The second-order valence-corrected chi connectivity index (χ2v) is 6.44. The third-order valence-corrected chi connectivity index (χ3v) is 4.68. The van der Waals surface area contributed by atoms with Crippen molar-refractivity contribution in [1.82, 2.24) is 0 Å². The van der Waals surface area contributed by atoms with Gasteiger partial charge in [-0.15, -0.1) is 11.8 Å². The first-order valence-corrected chi connectivity index (χ1v) is 8.68. The fourth-order valence-electron chi connectivity index (χ4n) is 2.48. The van der Waals surface area contributed by atoms with Crippen LogP contribution in [-0.4, -0.2) is 25.3 Å². The van der Waals surface area contributed by atoms with E-state index in [9.17, 15) is 4.79 Å². The highest BCUT2D eigenvalue weighted by atomic mass is 32.2. The van der Waals surface area contributed by atoms with Crippen LogP contribution in [0.1, 0.15) is 18.1 Å². The average molecular weight is 329 g/mol. The van der Waals surface area contributed by atoms with E-state index in [0.29, 0.717) is 12.3 Å². The molecule has 3 nitrogen and oxygen atoms in total. The predicted octanol–water partition coefficient (Wildman–Crippen LogP) is 4.46. The van der Waals surface area contributed by atoms with Gasteiger partial charge in [-0.1, -0.05) is 17.7 Å². The number of carbonyl (C=O) groups excluding carboxylic acids is 1. The molecule has 0 saturated heterocycles. The van der Waals surface area contributed by atoms with E-state index < -0.39 is 0 Å². The van der Waals surface area contributed by atoms with Gasteiger partial charge in [0.2, 0.25) is 5.91 Å². The van der Waals surface area contributed by atoms with E-state index >= 15 is 0 Å². The molecule has 0 aliphatic carbocycles. The van der Waals surface area contributed by atoms with Gasteiger partial charge in [0.25, 0.3) is 0 Å². The number of rotatable bonds is 6. The molecule has 0 aliphatic heterocycles. The highest BCUT2D eigenvalue weighted by Crippen LogP contribution is 2.25. The van der Waals surface area contributed by atoms with Gasteiger partial charge in [-0.25, -0.2) is 0 Å². The van der Waals surface area contributed by atoms with Crippen molar-refractivity contribution in [3.05, 3.63) is 53.6 Å². The second kappa shape index (κ2) is 8.06. The number of nitrogens with zero attached hydrogens (tertiary/aromatic N) is 1. The Labute approximate surface area is 142 Å². The van der Waals surface area contributed by atoms with Gasteiger partial charge in [0.1, 0.15) is 5.75 Å². The molecule has 0 aromatic heterocycles. The van der Waals surface area contributed by atoms with Crippen LogP contribution in [0.15, 0.2) is 47.4 Å². The number of ether oxygens (including phenoxy) is 1. The van der Waals surface area contributed by atoms with Gasteiger partial charge in [0, 0.05) is 17.1 Å². The summed E-state index contributed by atoms with van der Waals surface area (Å²) in [5, 5.41) is 0. The minimum atomic E-state index is 0.125. The molecule has 0 spiro atoms. The molecule has 122 valence electrons. The summed E-state index contributed by atoms with van der Waals surface area (Å²) in [5.41, 5.74) is 3.34. The van der Waals surface area contributed by atoms with Gasteiger partial charge in [0.15, 0.2) is 0 Å². The number of methoxy groups -OCH3 is 1. The molecule has 0 heterocycles. The van der Waals surface area contributed by atoms with Gasteiger partial charge in [-0.3, -0.25) is 4.79 Å². The largest absolute Gasteiger partial charge is 0.497 e. The molecule has 0 fully saturated rings. The van der Waals surface area contributed by atoms with Crippen molar-refractivity contribution >= 4 is 23.4 Å². The summed E-state index contributed by atoms with van der Waals surface area (Å²) in [7, 11) is 1.65. The molecule has 2 aromatic rings. The Kier molecular flexibility index (Phi) is 6.11. The molecule has 1 amide bonds. The van der Waals surface area contributed by atoms with Crippen LogP contribution in [0.4, 0.5) is 5.69 Å². The van der Waals surface area contributed by atoms with Gasteiger partial charge in [-0.2, -0.15) is 0 Å². The molecule has 0 bridgehead atoms. The van der Waals surface area contributed by atoms with Crippen LogP contribution >= 0.6 is 11.8 Å². The second-order valence-electron chi connectivity index (χ2n) is 5.39. The summed E-state index contributed by atoms with van der Waals surface area (Å²) in [5.74, 6) is 1.37. The zero-order chi connectivity index (χ0) is 16.8. The molecular formula is C19H23NO2S. The Balaban J connectivity index is 2.04. The number of hydrogen-bond donors (Lipinski definition) is 0. The van der Waals surface area contributed by atoms with Crippen molar-refractivity contribution in [2.24, 2.45) is 0 Å². The van der Waals surface area contributed by atoms with E-state index in [1.807, 2.05) is 42.2 Å². The van der Waals surface area contributed by atoms with E-state index in [0.717, 1.165) is 21.9 Å². The van der Waals surface area contributed by atoms with Crippen LogP contribution in [-0.2, 0) is 4.79 Å². The number of amides is 1. The molecular weight excluding hydrogens is 306 g/mol. The third-order valence-electron chi connectivity index (χ3n) is 3.68. The van der Waals surface area contributed by atoms with Crippen LogP contribution in [0.25, 0.3) is 0 Å². The summed E-state index contributed by atoms with van der Waals surface area (Å²) in [6, 6.07) is 14.0. The van der Waals surface area contributed by atoms with Gasteiger partial charge in [0.05, 0.1) is 12.9 Å². The monoisotopic (exact) mass is 329 g/mol. The Morgan fingerprint density at radius 3 is 2.39 bits per heavy atom. The lowest BCUT2D eigenvalue weighted by atomic mass is 10.1. The summed E-state index contributed by atoms with van der Waals surface area (Å²) < 4.78 is 5.15. The fraction of sp³-hybridized carbons (Fsp3) is 0.316. The SMILES string of the molecule is CCN(C(=O)CSc1ccc(OC)cc1)c1ccc(C)cc1C. The molecule has 0 atom stereocenters. The quantitative estimate of drug-likeness (QED) is 0.733. The van der Waals surface area contributed by atoms with Crippen LogP contribution in [0.5, 0.6) is 5.75 Å². The lowest BCUT2D eigenvalue weighted by Gasteiger charge is -2.23. The molecule has 23 heavy (non-hydrogen) atoms. The number of carbonyl (C=O) groups is 1. The Hall–Kier alpha value is -1.94. The maximum absolute atomic E-state index is 12.6. The lowest BCUT2D eigenvalue weighted by Crippen LogP contribution is -2.32. The molecule has 0 unspecified atom stereocenters. The maximum atomic E-state index is 12.6. The van der Waals surface area contributed by atoms with E-state index in [1.54, 1.807) is 18.9 Å². The molecule has 2 rings (SSSR count). The van der Waals surface area contributed by atoms with Crippen molar-refractivity contribution in [2.45, 2.75) is 25.7 Å². The highest BCUT2D eigenvalue weighted by molar-refractivity contribution is 8.00. The zero-order valence-corrected chi connectivity index (χ0v) is 14.9. The summed E-state index contributed by atoms with van der Waals surface area (Å²) in [4.78, 5) is 15.5. The Morgan fingerprint density at radius 1 is 1.13 bits per heavy atom. The normalized spacial score (nSPS) is 10.4. The fourth-order valence-corrected chi connectivity index (χ4v) is 3.26. The van der Waals surface area contributed by atoms with Gasteiger partial charge < -0.3 is 9.64 Å². The minimum Gasteiger partial charge on any atom is -0.497 e. The number of anilines is 1. The van der Waals surface area contributed by atoms with Crippen molar-refractivity contribution in [3.8, 4) is 5.75 Å². The van der Waals surface area contributed by atoms with E-state index in [-0.39, 0.29) is 5.91 Å². The number of aryl methyl sites for hydroxylation is 2. The lowest BCUT2D eigenvalue weighted by molar-refractivity contribution is -0.116. The van der Waals surface area contributed by atoms with Crippen LogP contribution in [0.3, 0.4) is 0 Å². The summed E-state index contributed by atoms with van der Waals surface area (Å²) >= 11 is 1.55. The first kappa shape index (κ1) is 17.4. The van der Waals surface area contributed by atoms with Crippen molar-refractivity contribution in [3.63, 3.8) is 0 Å². The molecule has 0 radical (unpaired) electrons. The standard InChI is InChI=1S/C19H23NO2S/c1-5-20(18-11-6-14(2)12-15(18)3)19(21)13-23-17-9-7-16(22-4)8-10-17/h6-12H,5,13H2,1-4H3.